The number of benzene rings is 1. The quantitative estimate of drug-likeness (QED) is 0.397. The monoisotopic (exact) mass is 482 g/mol. The van der Waals surface area contributed by atoms with Gasteiger partial charge < -0.3 is 15.1 Å². The van der Waals surface area contributed by atoms with E-state index >= 15 is 0 Å². The van der Waals surface area contributed by atoms with Crippen molar-refractivity contribution in [3.05, 3.63) is 66.5 Å². The maximum Gasteiger partial charge on any atom is 0.170 e. The van der Waals surface area contributed by atoms with Crippen LogP contribution in [0.1, 0.15) is 30.0 Å². The number of ketones is 1. The summed E-state index contributed by atoms with van der Waals surface area (Å²) in [4.78, 5) is 40.2. The van der Waals surface area contributed by atoms with Crippen molar-refractivity contribution in [2.45, 2.75) is 26.3 Å². The molecule has 3 aromatic heterocycles. The Morgan fingerprint density at radius 1 is 1.00 bits per heavy atom. The van der Waals surface area contributed by atoms with E-state index < -0.39 is 0 Å². The molecule has 0 radical (unpaired) electrons. The molecule has 1 N–H and O–H groups in total. The van der Waals surface area contributed by atoms with Gasteiger partial charge in [0.25, 0.3) is 0 Å². The average molecular weight is 483 g/mol. The average Bonchev–Trinajstić information content (AvgIpc) is 2.88. The fourth-order valence-corrected chi connectivity index (χ4v) is 4.22. The van der Waals surface area contributed by atoms with Crippen LogP contribution in [0.5, 0.6) is 0 Å². The maximum absolute atomic E-state index is 13.1. The number of carbonyl (C=O) groups is 1. The summed E-state index contributed by atoms with van der Waals surface area (Å²) >= 11 is 0. The molecule has 1 aromatic carbocycles. The van der Waals surface area contributed by atoms with Gasteiger partial charge in [-0.15, -0.1) is 0 Å². The fourth-order valence-electron chi connectivity index (χ4n) is 4.22. The third-order valence-electron chi connectivity index (χ3n) is 6.21. The van der Waals surface area contributed by atoms with Gasteiger partial charge in [0.2, 0.25) is 0 Å². The third kappa shape index (κ3) is 5.46. The van der Waals surface area contributed by atoms with Crippen molar-refractivity contribution >= 4 is 28.3 Å². The van der Waals surface area contributed by atoms with Crippen LogP contribution >= 0.6 is 0 Å². The minimum Gasteiger partial charge on any atom is -0.367 e. The first-order valence-corrected chi connectivity index (χ1v) is 12.2. The molecule has 9 heteroatoms. The lowest BCUT2D eigenvalue weighted by molar-refractivity contribution is 0.0991. The Labute approximate surface area is 210 Å². The molecule has 9 nitrogen and oxygen atoms in total. The van der Waals surface area contributed by atoms with Crippen LogP contribution in [0.15, 0.2) is 55.1 Å². The Hall–Kier alpha value is -3.98. The molecule has 1 aliphatic heterocycles. The van der Waals surface area contributed by atoms with Gasteiger partial charge in [0.15, 0.2) is 5.78 Å². The highest BCUT2D eigenvalue weighted by Crippen LogP contribution is 2.23. The lowest BCUT2D eigenvalue weighted by atomic mass is 10.1. The summed E-state index contributed by atoms with van der Waals surface area (Å²) in [6.45, 7) is 7.89. The van der Waals surface area contributed by atoms with Crippen LogP contribution in [-0.4, -0.2) is 74.9 Å². The van der Waals surface area contributed by atoms with Crippen LogP contribution in [0.4, 0.5) is 11.6 Å². The number of aromatic nitrogens is 5. The van der Waals surface area contributed by atoms with E-state index in [2.05, 4.69) is 55.9 Å². The Kier molecular flexibility index (Phi) is 6.81. The molecular weight excluding hydrogens is 452 g/mol. The van der Waals surface area contributed by atoms with Gasteiger partial charge in [-0.25, -0.2) is 19.9 Å². The Morgan fingerprint density at radius 2 is 1.83 bits per heavy atom. The number of hydrogen-bond donors (Lipinski definition) is 1. The maximum atomic E-state index is 13.1. The predicted octanol–water partition coefficient (Wildman–Crippen LogP) is 3.48. The van der Waals surface area contributed by atoms with E-state index in [4.69, 9.17) is 4.98 Å². The van der Waals surface area contributed by atoms with Gasteiger partial charge in [0, 0.05) is 61.1 Å². The second-order valence-corrected chi connectivity index (χ2v) is 9.44. The van der Waals surface area contributed by atoms with Crippen molar-refractivity contribution < 1.29 is 4.79 Å². The predicted molar refractivity (Wildman–Crippen MR) is 141 cm³/mol. The van der Waals surface area contributed by atoms with Crippen LogP contribution in [0.2, 0.25) is 0 Å². The Bertz CT molecular complexity index is 1380. The number of rotatable bonds is 7. The summed E-state index contributed by atoms with van der Waals surface area (Å²) in [5.41, 5.74) is 3.06. The second kappa shape index (κ2) is 10.3. The lowest BCUT2D eigenvalue weighted by Gasteiger charge is -2.33. The van der Waals surface area contributed by atoms with Crippen LogP contribution < -0.4 is 10.2 Å². The molecule has 0 amide bonds. The van der Waals surface area contributed by atoms with Crippen LogP contribution in [0, 0.1) is 0 Å². The normalized spacial score (nSPS) is 14.4. The molecule has 1 saturated heterocycles. The number of carbonyl (C=O) groups excluding carboxylic acids is 1. The summed E-state index contributed by atoms with van der Waals surface area (Å²) in [7, 11) is 2.12. The number of fused-ring (bicyclic) bond motifs is 1. The number of Topliss-reactive ketones (excluding diaryl/α,β-unsaturated/α-hetero) is 1. The van der Waals surface area contributed by atoms with Crippen molar-refractivity contribution in [2.24, 2.45) is 0 Å². The van der Waals surface area contributed by atoms with Gasteiger partial charge in [-0.2, -0.15) is 0 Å². The summed E-state index contributed by atoms with van der Waals surface area (Å²) in [5.74, 6) is 2.03. The van der Waals surface area contributed by atoms with Gasteiger partial charge in [0.1, 0.15) is 17.5 Å². The SMILES string of the molecule is CC(C)Nc1cncc(-c2ccc3cnc(CC(=O)c4ccnc(N5CCN(C)CC5)c4)nc3c2)n1. The number of pyridine rings is 1. The van der Waals surface area contributed by atoms with E-state index in [0.29, 0.717) is 11.4 Å². The van der Waals surface area contributed by atoms with Gasteiger partial charge >= 0.3 is 0 Å². The number of hydrogen-bond acceptors (Lipinski definition) is 9. The molecule has 4 aromatic rings. The topological polar surface area (TPSA) is 100 Å². The molecular formula is C27H30N8O. The molecule has 0 atom stereocenters. The molecule has 0 saturated carbocycles. The summed E-state index contributed by atoms with van der Waals surface area (Å²) in [6.07, 6.45) is 7.04. The minimum absolute atomic E-state index is 0.0263. The largest absolute Gasteiger partial charge is 0.367 e. The van der Waals surface area contributed by atoms with Crippen molar-refractivity contribution in [1.82, 2.24) is 29.8 Å². The second-order valence-electron chi connectivity index (χ2n) is 9.44. The van der Waals surface area contributed by atoms with E-state index in [1.54, 1.807) is 30.9 Å². The molecule has 1 fully saturated rings. The molecule has 184 valence electrons. The van der Waals surface area contributed by atoms with E-state index in [9.17, 15) is 4.79 Å². The molecule has 4 heterocycles. The molecule has 36 heavy (non-hydrogen) atoms. The minimum atomic E-state index is -0.0263. The first kappa shape index (κ1) is 23.7. The van der Waals surface area contributed by atoms with Gasteiger partial charge in [-0.1, -0.05) is 12.1 Å². The fraction of sp³-hybridized carbons (Fsp3) is 0.333. The first-order chi connectivity index (χ1) is 17.4. The highest BCUT2D eigenvalue weighted by Gasteiger charge is 2.17. The number of likely N-dealkylation sites (N-methyl/N-ethyl adjacent to an activating group) is 1. The molecule has 0 spiro atoms. The van der Waals surface area contributed by atoms with E-state index in [1.807, 2.05) is 24.3 Å². The molecule has 1 aliphatic rings. The molecule has 0 aliphatic carbocycles. The number of nitrogens with zero attached hydrogens (tertiary/aromatic N) is 7. The van der Waals surface area contributed by atoms with Crippen LogP contribution in [0.25, 0.3) is 22.2 Å². The zero-order chi connectivity index (χ0) is 25.1. The van der Waals surface area contributed by atoms with Crippen LogP contribution in [-0.2, 0) is 6.42 Å². The summed E-state index contributed by atoms with van der Waals surface area (Å²) in [5, 5.41) is 4.18. The number of piperazine rings is 1. The number of anilines is 2. The summed E-state index contributed by atoms with van der Waals surface area (Å²) in [6, 6.07) is 9.81. The Balaban J connectivity index is 1.35. The Morgan fingerprint density at radius 3 is 2.64 bits per heavy atom. The van der Waals surface area contributed by atoms with E-state index in [1.165, 1.54) is 0 Å². The zero-order valence-electron chi connectivity index (χ0n) is 20.8. The zero-order valence-corrected chi connectivity index (χ0v) is 20.8. The van der Waals surface area contributed by atoms with Crippen molar-refractivity contribution in [3.63, 3.8) is 0 Å². The van der Waals surface area contributed by atoms with E-state index in [-0.39, 0.29) is 18.2 Å². The summed E-state index contributed by atoms with van der Waals surface area (Å²) < 4.78 is 0. The van der Waals surface area contributed by atoms with E-state index in [0.717, 1.165) is 60.0 Å². The van der Waals surface area contributed by atoms with Gasteiger partial charge in [0.05, 0.1) is 30.0 Å². The van der Waals surface area contributed by atoms with Crippen molar-refractivity contribution in [2.75, 3.05) is 43.4 Å². The molecule has 5 rings (SSSR count). The molecule has 0 bridgehead atoms. The van der Waals surface area contributed by atoms with Crippen LogP contribution in [0.3, 0.4) is 0 Å². The highest BCUT2D eigenvalue weighted by atomic mass is 16.1. The lowest BCUT2D eigenvalue weighted by Crippen LogP contribution is -2.44. The standard InChI is InChI=1S/C27H30N8O/c1-18(2)31-26-17-28-16-23(33-26)19-4-5-21-15-30-25(32-22(21)12-19)14-24(36)20-6-7-29-27(13-20)35-10-8-34(3)9-11-35/h4-7,12-13,15-18H,8-11,14H2,1-3H3,(H,31,33). The van der Waals surface area contributed by atoms with Gasteiger partial charge in [-0.3, -0.25) is 9.78 Å². The first-order valence-electron chi connectivity index (χ1n) is 12.2. The van der Waals surface area contributed by atoms with Crippen molar-refractivity contribution in [3.8, 4) is 11.3 Å². The van der Waals surface area contributed by atoms with Crippen molar-refractivity contribution in [1.29, 1.82) is 0 Å². The molecule has 0 unspecified atom stereocenters. The smallest absolute Gasteiger partial charge is 0.170 e. The van der Waals surface area contributed by atoms with Gasteiger partial charge in [-0.05, 0) is 39.1 Å². The highest BCUT2D eigenvalue weighted by molar-refractivity contribution is 5.98. The third-order valence-corrected chi connectivity index (χ3v) is 6.21. The number of nitrogens with one attached hydrogen (secondary N) is 1.